The van der Waals surface area contributed by atoms with E-state index in [1.165, 1.54) is 18.2 Å². The van der Waals surface area contributed by atoms with Crippen LogP contribution in [-0.4, -0.2) is 22.8 Å². The van der Waals surface area contributed by atoms with E-state index in [4.69, 9.17) is 0 Å². The molecule has 0 N–H and O–H groups in total. The van der Waals surface area contributed by atoms with Gasteiger partial charge in [0.15, 0.2) is 0 Å². The van der Waals surface area contributed by atoms with Crippen LogP contribution in [0.5, 0.6) is 0 Å². The van der Waals surface area contributed by atoms with Gasteiger partial charge in [0.1, 0.15) is 4.90 Å². The van der Waals surface area contributed by atoms with Crippen LogP contribution in [0.2, 0.25) is 0 Å². The Kier molecular flexibility index (Phi) is 4.41. The highest BCUT2D eigenvalue weighted by Gasteiger charge is 2.37. The highest BCUT2D eigenvalue weighted by molar-refractivity contribution is 7.91. The summed E-state index contributed by atoms with van der Waals surface area (Å²) in [6.45, 7) is -0.0999. The quantitative estimate of drug-likeness (QED) is 0.666. The van der Waals surface area contributed by atoms with Crippen LogP contribution >= 0.6 is 0 Å². The van der Waals surface area contributed by atoms with Crippen molar-refractivity contribution in [3.63, 3.8) is 0 Å². The van der Waals surface area contributed by atoms with Gasteiger partial charge in [-0.25, -0.2) is 16.9 Å². The van der Waals surface area contributed by atoms with E-state index >= 15 is 0 Å². The molecule has 1 atom stereocenters. The summed E-state index contributed by atoms with van der Waals surface area (Å²) in [6.07, 6.45) is 0. The molecule has 0 bridgehead atoms. The van der Waals surface area contributed by atoms with Gasteiger partial charge >= 0.3 is 0 Å². The van der Waals surface area contributed by atoms with Crippen molar-refractivity contribution in [2.45, 2.75) is 21.2 Å². The highest BCUT2D eigenvalue weighted by Crippen LogP contribution is 2.33. The fourth-order valence-corrected chi connectivity index (χ4v) is 6.24. The van der Waals surface area contributed by atoms with Gasteiger partial charge in [0.25, 0.3) is 15.9 Å². The summed E-state index contributed by atoms with van der Waals surface area (Å²) in [5.74, 6) is -0.683. The number of nitrogens with zero attached hydrogens (tertiary/aromatic N) is 1. The molecule has 3 aromatic carbocycles. The molecule has 0 aromatic heterocycles. The van der Waals surface area contributed by atoms with Gasteiger partial charge < -0.3 is 0 Å². The van der Waals surface area contributed by atoms with E-state index in [1.54, 1.807) is 54.6 Å². The first-order chi connectivity index (χ1) is 13.0. The number of carbonyl (C=O) groups is 1. The molecule has 1 aliphatic heterocycles. The zero-order valence-electron chi connectivity index (χ0n) is 14.1. The van der Waals surface area contributed by atoms with Crippen LogP contribution in [0.25, 0.3) is 0 Å². The Labute approximate surface area is 159 Å². The first-order valence-electron chi connectivity index (χ1n) is 8.21. The average molecular weight is 397 g/mol. The SMILES string of the molecule is O=C1c2ccccc2[S@@](=O)c2ccccc2S(=O)(=O)N1Cc1ccccc1. The second-order valence-corrected chi connectivity index (χ2v) is 9.26. The third-order valence-corrected chi connectivity index (χ3v) is 7.76. The Bertz CT molecular complexity index is 1160. The minimum absolute atomic E-state index is 0.0999. The van der Waals surface area contributed by atoms with Crippen LogP contribution in [0.3, 0.4) is 0 Å². The number of fused-ring (bicyclic) bond motifs is 2. The summed E-state index contributed by atoms with van der Waals surface area (Å²) < 4.78 is 40.5. The van der Waals surface area contributed by atoms with E-state index in [0.717, 1.165) is 4.31 Å². The van der Waals surface area contributed by atoms with Gasteiger partial charge in [0, 0.05) is 0 Å². The smallest absolute Gasteiger partial charge is 0.268 e. The van der Waals surface area contributed by atoms with E-state index in [2.05, 4.69) is 0 Å². The number of benzene rings is 3. The zero-order valence-corrected chi connectivity index (χ0v) is 15.7. The van der Waals surface area contributed by atoms with Crippen LogP contribution in [0, 0.1) is 0 Å². The summed E-state index contributed by atoms with van der Waals surface area (Å²) in [5.41, 5.74) is 0.816. The Morgan fingerprint density at radius 1 is 0.778 bits per heavy atom. The van der Waals surface area contributed by atoms with Crippen molar-refractivity contribution in [1.29, 1.82) is 0 Å². The molecule has 5 nitrogen and oxygen atoms in total. The molecule has 3 aromatic rings. The van der Waals surface area contributed by atoms with Crippen molar-refractivity contribution < 1.29 is 17.4 Å². The summed E-state index contributed by atoms with van der Waals surface area (Å²) in [7, 11) is -5.95. The average Bonchev–Trinajstić information content (AvgIpc) is 2.71. The van der Waals surface area contributed by atoms with Crippen molar-refractivity contribution in [2.24, 2.45) is 0 Å². The van der Waals surface area contributed by atoms with Crippen LogP contribution in [0.15, 0.2) is 93.5 Å². The van der Waals surface area contributed by atoms with E-state index < -0.39 is 26.7 Å². The van der Waals surface area contributed by atoms with Gasteiger partial charge in [-0.15, -0.1) is 0 Å². The first-order valence-corrected chi connectivity index (χ1v) is 10.8. The van der Waals surface area contributed by atoms with E-state index in [9.17, 15) is 17.4 Å². The molecule has 0 spiro atoms. The van der Waals surface area contributed by atoms with Gasteiger partial charge in [-0.2, -0.15) is 0 Å². The van der Waals surface area contributed by atoms with E-state index in [-0.39, 0.29) is 21.9 Å². The standard InChI is InChI=1S/C20H15NO4S2/c22-20-16-10-4-5-11-17(16)26(23)18-12-6-7-13-19(18)27(24,25)21(20)14-15-8-2-1-3-9-15/h1-13H,14H2/t26-/m1/s1. The third-order valence-electron chi connectivity index (χ3n) is 4.33. The molecule has 1 amide bonds. The lowest BCUT2D eigenvalue weighted by Gasteiger charge is -2.27. The lowest BCUT2D eigenvalue weighted by molar-refractivity contribution is 0.0851. The van der Waals surface area contributed by atoms with Gasteiger partial charge in [-0.05, 0) is 29.8 Å². The Balaban J connectivity index is 1.98. The Hall–Kier alpha value is -2.77. The normalized spacial score (nSPS) is 18.1. The first kappa shape index (κ1) is 17.6. The molecule has 0 radical (unpaired) electrons. The number of rotatable bonds is 2. The summed E-state index contributed by atoms with van der Waals surface area (Å²) in [5, 5.41) is 0. The zero-order chi connectivity index (χ0) is 19.0. The molecule has 27 heavy (non-hydrogen) atoms. The number of carbonyl (C=O) groups excluding carboxylic acids is 1. The van der Waals surface area contributed by atoms with Crippen molar-refractivity contribution in [1.82, 2.24) is 4.31 Å². The fourth-order valence-electron chi connectivity index (χ4n) is 3.01. The second kappa shape index (κ2) is 6.75. The summed E-state index contributed by atoms with van der Waals surface area (Å²) in [4.78, 5) is 13.6. The van der Waals surface area contributed by atoms with Crippen molar-refractivity contribution >= 4 is 26.7 Å². The molecule has 1 aliphatic rings. The minimum Gasteiger partial charge on any atom is -0.268 e. The summed E-state index contributed by atoms with van der Waals surface area (Å²) >= 11 is 0. The summed E-state index contributed by atoms with van der Waals surface area (Å²) in [6, 6.07) is 21.5. The van der Waals surface area contributed by atoms with Crippen LogP contribution in [-0.2, 0) is 27.4 Å². The number of hydrogen-bond donors (Lipinski definition) is 0. The largest absolute Gasteiger partial charge is 0.269 e. The number of hydrogen-bond acceptors (Lipinski definition) is 4. The van der Waals surface area contributed by atoms with Crippen LogP contribution in [0.1, 0.15) is 15.9 Å². The molecular formula is C20H15NO4S2. The molecule has 7 heteroatoms. The lowest BCUT2D eigenvalue weighted by atomic mass is 10.2. The highest BCUT2D eigenvalue weighted by atomic mass is 32.2. The molecule has 0 unspecified atom stereocenters. The number of sulfonamides is 1. The molecule has 0 saturated heterocycles. The van der Waals surface area contributed by atoms with Crippen LogP contribution in [0.4, 0.5) is 0 Å². The molecule has 136 valence electrons. The maximum atomic E-state index is 13.3. The topological polar surface area (TPSA) is 71.5 Å². The van der Waals surface area contributed by atoms with Gasteiger partial charge in [-0.3, -0.25) is 4.79 Å². The number of amides is 1. The van der Waals surface area contributed by atoms with Crippen molar-refractivity contribution in [2.75, 3.05) is 0 Å². The van der Waals surface area contributed by atoms with Gasteiger partial charge in [-0.1, -0.05) is 54.6 Å². The molecule has 0 saturated carbocycles. The molecule has 1 heterocycles. The predicted molar refractivity (Wildman–Crippen MR) is 101 cm³/mol. The molecule has 0 fully saturated rings. The third kappa shape index (κ3) is 2.98. The monoisotopic (exact) mass is 397 g/mol. The molecule has 0 aliphatic carbocycles. The van der Waals surface area contributed by atoms with Crippen molar-refractivity contribution in [3.05, 3.63) is 90.0 Å². The fraction of sp³-hybridized carbons (Fsp3) is 0.0500. The van der Waals surface area contributed by atoms with E-state index in [0.29, 0.717) is 10.5 Å². The maximum Gasteiger partial charge on any atom is 0.269 e. The van der Waals surface area contributed by atoms with Gasteiger partial charge in [0.05, 0.1) is 32.7 Å². The molecule has 4 rings (SSSR count). The predicted octanol–water partition coefficient (Wildman–Crippen LogP) is 3.20. The van der Waals surface area contributed by atoms with E-state index in [1.807, 2.05) is 6.07 Å². The lowest BCUT2D eigenvalue weighted by Crippen LogP contribution is -2.38. The molecular weight excluding hydrogens is 382 g/mol. The maximum absolute atomic E-state index is 13.3. The second-order valence-electron chi connectivity index (χ2n) is 6.01. The Morgan fingerprint density at radius 2 is 1.37 bits per heavy atom. The minimum atomic E-state index is -4.17. The van der Waals surface area contributed by atoms with Gasteiger partial charge in [0.2, 0.25) is 0 Å². The van der Waals surface area contributed by atoms with Crippen molar-refractivity contribution in [3.8, 4) is 0 Å². The van der Waals surface area contributed by atoms with Crippen LogP contribution < -0.4 is 0 Å². The Morgan fingerprint density at radius 3 is 2.11 bits per heavy atom.